The third-order valence-corrected chi connectivity index (χ3v) is 14.3. The molecule has 8 aromatic rings. The molecule has 1 atom stereocenters. The van der Waals surface area contributed by atoms with Gasteiger partial charge in [0.2, 0.25) is 0 Å². The Bertz CT molecular complexity index is 3330. The van der Waals surface area contributed by atoms with E-state index in [2.05, 4.69) is 197 Å². The molecule has 0 heteroatoms. The van der Waals surface area contributed by atoms with Gasteiger partial charge in [0.25, 0.3) is 0 Å². The first kappa shape index (κ1) is 38.6. The Balaban J connectivity index is 1.03. The van der Waals surface area contributed by atoms with Gasteiger partial charge in [-0.25, -0.2) is 0 Å². The lowest BCUT2D eigenvalue weighted by molar-refractivity contribution is 0.824. The number of rotatable bonds is 8. The van der Waals surface area contributed by atoms with Crippen LogP contribution in [0.3, 0.4) is 0 Å². The summed E-state index contributed by atoms with van der Waals surface area (Å²) < 4.78 is 0. The minimum absolute atomic E-state index is 0.431. The largest absolute Gasteiger partial charge is 0.0984 e. The lowest BCUT2D eigenvalue weighted by Crippen LogP contribution is -2.00. The van der Waals surface area contributed by atoms with Crippen molar-refractivity contribution in [1.82, 2.24) is 0 Å². The van der Waals surface area contributed by atoms with Gasteiger partial charge in [0, 0.05) is 5.92 Å². The zero-order valence-corrected chi connectivity index (χ0v) is 36.3. The molecule has 0 aliphatic heterocycles. The summed E-state index contributed by atoms with van der Waals surface area (Å²) in [5, 5.41) is 7.63. The fourth-order valence-corrected chi connectivity index (χ4v) is 11.4. The molecule has 63 heavy (non-hydrogen) atoms. The van der Waals surface area contributed by atoms with E-state index < -0.39 is 0 Å². The van der Waals surface area contributed by atoms with Crippen molar-refractivity contribution in [3.8, 4) is 44.5 Å². The highest BCUT2D eigenvalue weighted by Crippen LogP contribution is 2.50. The van der Waals surface area contributed by atoms with Crippen LogP contribution in [-0.2, 0) is 0 Å². The number of hydrogen-bond donors (Lipinski definition) is 0. The molecule has 3 aliphatic rings. The highest BCUT2D eigenvalue weighted by Gasteiger charge is 2.29. The van der Waals surface area contributed by atoms with Gasteiger partial charge in [-0.15, -0.1) is 0 Å². The molecule has 0 heterocycles. The molecule has 8 aromatic carbocycles. The fourth-order valence-electron chi connectivity index (χ4n) is 11.4. The summed E-state index contributed by atoms with van der Waals surface area (Å²) in [6, 6.07) is 47.7. The first-order valence-electron chi connectivity index (χ1n) is 22.5. The zero-order chi connectivity index (χ0) is 42.8. The lowest BCUT2D eigenvalue weighted by atomic mass is 9.80. The first-order valence-corrected chi connectivity index (χ1v) is 22.5. The van der Waals surface area contributed by atoms with E-state index in [1.165, 1.54) is 93.5 Å². The summed E-state index contributed by atoms with van der Waals surface area (Å²) in [5.74, 6) is 0.431. The summed E-state index contributed by atoms with van der Waals surface area (Å²) in [6.07, 6.45) is 21.9. The highest BCUT2D eigenvalue weighted by atomic mass is 14.3. The van der Waals surface area contributed by atoms with E-state index >= 15 is 0 Å². The SMILES string of the molecule is C=Cc1c(-c2ccc(-c3c4ccccc4c(C4=CC=CCC4)c4ccccc34)cc2)ccc(-c2c(C=C)c(C)c(-c3ccc4c(c3)C(C)C3=C4C=CCC3)c3ccccc23)c1C=C. The predicted octanol–water partition coefficient (Wildman–Crippen LogP) is 18.0. The fraction of sp³-hybridized carbons (Fsp3) is 0.111. The molecule has 11 rings (SSSR count). The average molecular weight is 807 g/mol. The summed E-state index contributed by atoms with van der Waals surface area (Å²) >= 11 is 0. The Hall–Kier alpha value is -7.28. The van der Waals surface area contributed by atoms with Crippen LogP contribution in [0, 0.1) is 6.92 Å². The van der Waals surface area contributed by atoms with Gasteiger partial charge in [0.05, 0.1) is 0 Å². The van der Waals surface area contributed by atoms with Crippen LogP contribution in [0.2, 0.25) is 0 Å². The van der Waals surface area contributed by atoms with Crippen molar-refractivity contribution in [2.75, 3.05) is 0 Å². The van der Waals surface area contributed by atoms with Crippen molar-refractivity contribution in [2.45, 2.75) is 45.4 Å². The van der Waals surface area contributed by atoms with Crippen LogP contribution in [-0.4, -0.2) is 0 Å². The van der Waals surface area contributed by atoms with Crippen LogP contribution in [0.5, 0.6) is 0 Å². The summed E-state index contributed by atoms with van der Waals surface area (Å²) in [7, 11) is 0. The van der Waals surface area contributed by atoms with E-state index in [1.54, 1.807) is 5.57 Å². The van der Waals surface area contributed by atoms with Crippen LogP contribution < -0.4 is 0 Å². The lowest BCUT2D eigenvalue weighted by Gasteiger charge is -2.23. The molecule has 0 nitrogen and oxygen atoms in total. The maximum Gasteiger partial charge on any atom is 0.00355 e. The average Bonchev–Trinajstić information content (AvgIpc) is 3.62. The second-order valence-corrected chi connectivity index (χ2v) is 17.4. The van der Waals surface area contributed by atoms with Gasteiger partial charge in [0.1, 0.15) is 0 Å². The molecule has 302 valence electrons. The maximum absolute atomic E-state index is 4.44. The van der Waals surface area contributed by atoms with Gasteiger partial charge < -0.3 is 0 Å². The van der Waals surface area contributed by atoms with Crippen molar-refractivity contribution in [1.29, 1.82) is 0 Å². The highest BCUT2D eigenvalue weighted by molar-refractivity contribution is 6.19. The number of allylic oxidation sites excluding steroid dienone is 8. The second-order valence-electron chi connectivity index (χ2n) is 17.4. The van der Waals surface area contributed by atoms with Crippen LogP contribution in [0.4, 0.5) is 0 Å². The van der Waals surface area contributed by atoms with Gasteiger partial charge in [0.15, 0.2) is 0 Å². The molecule has 1 unspecified atom stereocenters. The Labute approximate surface area is 372 Å². The van der Waals surface area contributed by atoms with E-state index in [-0.39, 0.29) is 0 Å². The minimum atomic E-state index is 0.431. The van der Waals surface area contributed by atoms with Gasteiger partial charge in [-0.1, -0.05) is 202 Å². The van der Waals surface area contributed by atoms with Gasteiger partial charge >= 0.3 is 0 Å². The first-order chi connectivity index (χ1) is 31.0. The number of hydrogen-bond acceptors (Lipinski definition) is 0. The van der Waals surface area contributed by atoms with E-state index in [1.807, 2.05) is 12.2 Å². The molecule has 0 aromatic heterocycles. The Morgan fingerprint density at radius 2 is 1.02 bits per heavy atom. The van der Waals surface area contributed by atoms with Crippen molar-refractivity contribution >= 4 is 61.7 Å². The quantitative estimate of drug-likeness (QED) is 0.134. The Kier molecular flexibility index (Phi) is 9.54. The zero-order valence-electron chi connectivity index (χ0n) is 36.3. The molecule has 0 radical (unpaired) electrons. The normalized spacial score (nSPS) is 15.5. The number of fused-ring (bicyclic) bond motifs is 5. The number of benzene rings is 8. The van der Waals surface area contributed by atoms with Crippen LogP contribution in [0.15, 0.2) is 183 Å². The summed E-state index contributed by atoms with van der Waals surface area (Å²) in [4.78, 5) is 0. The molecule has 0 spiro atoms. The van der Waals surface area contributed by atoms with Gasteiger partial charge in [-0.2, -0.15) is 0 Å². The molecule has 0 saturated carbocycles. The van der Waals surface area contributed by atoms with E-state index in [9.17, 15) is 0 Å². The smallest absolute Gasteiger partial charge is 0.00355 e. The summed E-state index contributed by atoms with van der Waals surface area (Å²) in [6.45, 7) is 17.9. The van der Waals surface area contributed by atoms with Crippen molar-refractivity contribution in [2.24, 2.45) is 0 Å². The van der Waals surface area contributed by atoms with Gasteiger partial charge in [-0.05, 0) is 166 Å². The molecule has 3 aliphatic carbocycles. The molecule has 0 bridgehead atoms. The summed E-state index contributed by atoms with van der Waals surface area (Å²) in [5.41, 5.74) is 22.8. The Morgan fingerprint density at radius 3 is 1.63 bits per heavy atom. The maximum atomic E-state index is 4.44. The van der Waals surface area contributed by atoms with E-state index in [0.29, 0.717) is 5.92 Å². The van der Waals surface area contributed by atoms with Gasteiger partial charge in [-0.3, -0.25) is 0 Å². The van der Waals surface area contributed by atoms with Crippen LogP contribution in [0.1, 0.15) is 77.5 Å². The third-order valence-electron chi connectivity index (χ3n) is 14.3. The topological polar surface area (TPSA) is 0 Å². The molecule has 0 N–H and O–H groups in total. The van der Waals surface area contributed by atoms with Crippen LogP contribution >= 0.6 is 0 Å². The predicted molar refractivity (Wildman–Crippen MR) is 276 cm³/mol. The van der Waals surface area contributed by atoms with E-state index in [4.69, 9.17) is 0 Å². The third kappa shape index (κ3) is 6.04. The molecule has 0 saturated heterocycles. The van der Waals surface area contributed by atoms with E-state index in [0.717, 1.165) is 59.1 Å². The van der Waals surface area contributed by atoms with Crippen molar-refractivity contribution in [3.63, 3.8) is 0 Å². The minimum Gasteiger partial charge on any atom is -0.0984 e. The monoisotopic (exact) mass is 806 g/mol. The second kappa shape index (κ2) is 15.6. The molecular formula is C63H50. The molecular weight excluding hydrogens is 757 g/mol. The molecule has 0 fully saturated rings. The van der Waals surface area contributed by atoms with Crippen molar-refractivity contribution in [3.05, 3.63) is 222 Å². The Morgan fingerprint density at radius 1 is 0.492 bits per heavy atom. The van der Waals surface area contributed by atoms with Crippen molar-refractivity contribution < 1.29 is 0 Å². The van der Waals surface area contributed by atoms with Crippen LogP contribution in [0.25, 0.3) is 106 Å². The molecule has 0 amide bonds. The standard InChI is InChI=1S/C63H50/c1-6-45-40(5)60(44-34-35-51-50-23-13-12-22-48(50)39(4)59(51)38-44)52-24-14-19-29-57(52)63(45)58-37-36-49(46(7-2)47(58)8-3)41-30-32-43(33-31-41)62-55-27-17-15-25-53(55)61(42-20-10-9-11-21-42)54-26-16-18-28-56(54)62/h6-10,13-20,23-39H,1-3,11-12,21-22H2,4-5H3.